The van der Waals surface area contributed by atoms with E-state index in [1.807, 2.05) is 37.3 Å². The average Bonchev–Trinajstić information content (AvgIpc) is 2.53. The van der Waals surface area contributed by atoms with E-state index in [1.165, 1.54) is 4.31 Å². The molecule has 0 bridgehead atoms. The molecule has 2 aromatic rings. The molecule has 0 aliphatic carbocycles. The third kappa shape index (κ3) is 3.61. The first-order chi connectivity index (χ1) is 10.4. The molecule has 1 atom stereocenters. The molecule has 4 nitrogen and oxygen atoms in total. The fourth-order valence-electron chi connectivity index (χ4n) is 2.12. The maximum atomic E-state index is 12.8. The van der Waals surface area contributed by atoms with Crippen LogP contribution in [0.15, 0.2) is 59.5 Å². The number of benzene rings is 2. The molecular formula is C17H19NO3S. The highest BCUT2D eigenvalue weighted by Crippen LogP contribution is 2.21. The summed E-state index contributed by atoms with van der Waals surface area (Å²) in [4.78, 5) is 11.4. The van der Waals surface area contributed by atoms with Crippen LogP contribution in [0.25, 0.3) is 0 Å². The molecule has 2 aromatic carbocycles. The maximum Gasteiger partial charge on any atom is 0.244 e. The predicted octanol–water partition coefficient (Wildman–Crippen LogP) is 2.77. The second-order valence-corrected chi connectivity index (χ2v) is 7.12. The molecule has 116 valence electrons. The Bertz CT molecular complexity index is 724. The SMILES string of the molecule is Cc1ccc(S(=O)(=O)N(Cc2ccccc2)[C@@H](C)C=O)cc1. The molecule has 0 fully saturated rings. The normalized spacial score (nSPS) is 13.0. The van der Waals surface area contributed by atoms with Crippen molar-refractivity contribution in [1.82, 2.24) is 4.31 Å². The van der Waals surface area contributed by atoms with Gasteiger partial charge in [0.1, 0.15) is 6.29 Å². The number of hydrogen-bond acceptors (Lipinski definition) is 3. The number of nitrogens with zero attached hydrogens (tertiary/aromatic N) is 1. The van der Waals surface area contributed by atoms with Crippen LogP contribution in [0.1, 0.15) is 18.1 Å². The molecule has 0 radical (unpaired) electrons. The summed E-state index contributed by atoms with van der Waals surface area (Å²) in [5, 5.41) is 0. The van der Waals surface area contributed by atoms with E-state index in [4.69, 9.17) is 0 Å². The Balaban J connectivity index is 2.39. The summed E-state index contributed by atoms with van der Waals surface area (Å²) in [5.74, 6) is 0. The molecule has 0 unspecified atom stereocenters. The van der Waals surface area contributed by atoms with Gasteiger partial charge in [-0.05, 0) is 31.5 Å². The predicted molar refractivity (Wildman–Crippen MR) is 85.9 cm³/mol. The van der Waals surface area contributed by atoms with Crippen LogP contribution in [0, 0.1) is 6.92 Å². The van der Waals surface area contributed by atoms with Crippen molar-refractivity contribution < 1.29 is 13.2 Å². The number of hydrogen-bond donors (Lipinski definition) is 0. The summed E-state index contributed by atoms with van der Waals surface area (Å²) in [7, 11) is -3.73. The van der Waals surface area contributed by atoms with Gasteiger partial charge in [0.15, 0.2) is 0 Å². The molecular weight excluding hydrogens is 298 g/mol. The second kappa shape index (κ2) is 6.85. The van der Waals surface area contributed by atoms with Crippen molar-refractivity contribution in [2.75, 3.05) is 0 Å². The first-order valence-electron chi connectivity index (χ1n) is 7.03. The molecule has 0 N–H and O–H groups in total. The fraction of sp³-hybridized carbons (Fsp3) is 0.235. The van der Waals surface area contributed by atoms with E-state index in [2.05, 4.69) is 0 Å². The number of aryl methyl sites for hydroxylation is 1. The summed E-state index contributed by atoms with van der Waals surface area (Å²) >= 11 is 0. The Morgan fingerprint density at radius 3 is 2.18 bits per heavy atom. The zero-order chi connectivity index (χ0) is 16.2. The first kappa shape index (κ1) is 16.4. The minimum atomic E-state index is -3.73. The molecule has 0 aliphatic heterocycles. The molecule has 0 aliphatic rings. The number of aldehydes is 1. The van der Waals surface area contributed by atoms with Crippen molar-refractivity contribution in [2.45, 2.75) is 31.3 Å². The third-order valence-electron chi connectivity index (χ3n) is 3.46. The zero-order valence-electron chi connectivity index (χ0n) is 12.6. The van der Waals surface area contributed by atoms with Crippen LogP contribution in [0.2, 0.25) is 0 Å². The minimum absolute atomic E-state index is 0.164. The van der Waals surface area contributed by atoms with Crippen molar-refractivity contribution >= 4 is 16.3 Å². The van der Waals surface area contributed by atoms with E-state index < -0.39 is 16.1 Å². The summed E-state index contributed by atoms with van der Waals surface area (Å²) < 4.78 is 26.9. The van der Waals surface area contributed by atoms with Gasteiger partial charge in [0.25, 0.3) is 0 Å². The molecule has 0 amide bonds. The standard InChI is InChI=1S/C17H19NO3S/c1-14-8-10-17(11-9-14)22(20,21)18(15(2)13-19)12-16-6-4-3-5-7-16/h3-11,13,15H,12H2,1-2H3/t15-/m0/s1. The van der Waals surface area contributed by atoms with Gasteiger partial charge >= 0.3 is 0 Å². The maximum absolute atomic E-state index is 12.8. The molecule has 0 heterocycles. The number of rotatable bonds is 6. The third-order valence-corrected chi connectivity index (χ3v) is 5.41. The molecule has 22 heavy (non-hydrogen) atoms. The van der Waals surface area contributed by atoms with Crippen molar-refractivity contribution in [3.63, 3.8) is 0 Å². The fourth-order valence-corrected chi connectivity index (χ4v) is 3.68. The Kier molecular flexibility index (Phi) is 5.11. The van der Waals surface area contributed by atoms with Crippen molar-refractivity contribution in [2.24, 2.45) is 0 Å². The Labute approximate surface area is 131 Å². The van der Waals surface area contributed by atoms with Gasteiger partial charge in [-0.25, -0.2) is 8.42 Å². The summed E-state index contributed by atoms with van der Waals surface area (Å²) in [6.07, 6.45) is 0.648. The minimum Gasteiger partial charge on any atom is -0.302 e. The Hall–Kier alpha value is -1.98. The second-order valence-electron chi connectivity index (χ2n) is 5.23. The van der Waals surface area contributed by atoms with E-state index in [0.29, 0.717) is 6.29 Å². The smallest absolute Gasteiger partial charge is 0.244 e. The van der Waals surface area contributed by atoms with Gasteiger partial charge in [-0.2, -0.15) is 4.31 Å². The van der Waals surface area contributed by atoms with Crippen molar-refractivity contribution in [3.8, 4) is 0 Å². The first-order valence-corrected chi connectivity index (χ1v) is 8.47. The zero-order valence-corrected chi connectivity index (χ0v) is 13.5. The summed E-state index contributed by atoms with van der Waals surface area (Å²) in [6.45, 7) is 3.64. The Morgan fingerprint density at radius 2 is 1.64 bits per heavy atom. The molecule has 0 saturated heterocycles. The van der Waals surface area contributed by atoms with E-state index >= 15 is 0 Å². The van der Waals surface area contributed by atoms with Gasteiger partial charge < -0.3 is 4.79 Å². The molecule has 0 saturated carbocycles. The highest BCUT2D eigenvalue weighted by molar-refractivity contribution is 7.89. The van der Waals surface area contributed by atoms with E-state index in [0.717, 1.165) is 11.1 Å². The van der Waals surface area contributed by atoms with Gasteiger partial charge in [0.05, 0.1) is 10.9 Å². The van der Waals surface area contributed by atoms with E-state index in [1.54, 1.807) is 31.2 Å². The van der Waals surface area contributed by atoms with Gasteiger partial charge in [0.2, 0.25) is 10.0 Å². The molecule has 2 rings (SSSR count). The number of carbonyl (C=O) groups excluding carboxylic acids is 1. The van der Waals surface area contributed by atoms with Gasteiger partial charge in [-0.15, -0.1) is 0 Å². The lowest BCUT2D eigenvalue weighted by Gasteiger charge is -2.25. The lowest BCUT2D eigenvalue weighted by Crippen LogP contribution is -2.39. The van der Waals surface area contributed by atoms with Crippen LogP contribution in [-0.2, 0) is 21.4 Å². The molecule has 0 spiro atoms. The number of sulfonamides is 1. The van der Waals surface area contributed by atoms with Crippen molar-refractivity contribution in [1.29, 1.82) is 0 Å². The largest absolute Gasteiger partial charge is 0.302 e. The van der Waals surface area contributed by atoms with Crippen LogP contribution >= 0.6 is 0 Å². The van der Waals surface area contributed by atoms with Crippen LogP contribution in [0.5, 0.6) is 0 Å². The quantitative estimate of drug-likeness (QED) is 0.770. The summed E-state index contributed by atoms with van der Waals surface area (Å²) in [5.41, 5.74) is 1.82. The van der Waals surface area contributed by atoms with Crippen LogP contribution in [0.4, 0.5) is 0 Å². The highest BCUT2D eigenvalue weighted by atomic mass is 32.2. The monoisotopic (exact) mass is 317 g/mol. The van der Waals surface area contributed by atoms with E-state index in [9.17, 15) is 13.2 Å². The lowest BCUT2D eigenvalue weighted by atomic mass is 10.2. The van der Waals surface area contributed by atoms with Crippen molar-refractivity contribution in [3.05, 3.63) is 65.7 Å². The van der Waals surface area contributed by atoms with Gasteiger partial charge in [-0.1, -0.05) is 48.0 Å². The van der Waals surface area contributed by atoms with Crippen LogP contribution in [0.3, 0.4) is 0 Å². The number of carbonyl (C=O) groups is 1. The van der Waals surface area contributed by atoms with Crippen LogP contribution in [-0.4, -0.2) is 25.1 Å². The van der Waals surface area contributed by atoms with Gasteiger partial charge in [-0.3, -0.25) is 0 Å². The van der Waals surface area contributed by atoms with Crippen LogP contribution < -0.4 is 0 Å². The molecule has 0 aromatic heterocycles. The topological polar surface area (TPSA) is 54.5 Å². The highest BCUT2D eigenvalue weighted by Gasteiger charge is 2.28. The molecule has 5 heteroatoms. The Morgan fingerprint density at radius 1 is 1.05 bits per heavy atom. The lowest BCUT2D eigenvalue weighted by molar-refractivity contribution is -0.110. The van der Waals surface area contributed by atoms with E-state index in [-0.39, 0.29) is 11.4 Å². The average molecular weight is 317 g/mol. The van der Waals surface area contributed by atoms with Gasteiger partial charge in [0, 0.05) is 6.54 Å². The summed E-state index contributed by atoms with van der Waals surface area (Å²) in [6, 6.07) is 15.1.